The van der Waals surface area contributed by atoms with Gasteiger partial charge in [0.15, 0.2) is 0 Å². The van der Waals surface area contributed by atoms with Crippen molar-refractivity contribution in [3.05, 3.63) is 58.6 Å². The number of hydrogen-bond acceptors (Lipinski definition) is 2. The van der Waals surface area contributed by atoms with Crippen LogP contribution in [-0.2, 0) is 6.54 Å². The van der Waals surface area contributed by atoms with Crippen molar-refractivity contribution in [2.75, 3.05) is 5.73 Å². The van der Waals surface area contributed by atoms with Crippen LogP contribution in [0.1, 0.15) is 5.56 Å². The number of nitrogen functional groups attached to an aromatic ring is 1. The minimum absolute atomic E-state index is 0.0386. The number of nitrogens with zero attached hydrogens (tertiary/aromatic N) is 2. The van der Waals surface area contributed by atoms with Gasteiger partial charge in [-0.05, 0) is 35.9 Å². The Morgan fingerprint density at radius 3 is 2.70 bits per heavy atom. The minimum Gasteiger partial charge on any atom is -0.369 e. The van der Waals surface area contributed by atoms with Gasteiger partial charge in [0, 0.05) is 0 Å². The zero-order valence-electron chi connectivity index (χ0n) is 10.3. The molecule has 0 saturated carbocycles. The fourth-order valence-corrected chi connectivity index (χ4v) is 2.30. The van der Waals surface area contributed by atoms with Gasteiger partial charge in [-0.25, -0.2) is 13.8 Å². The molecule has 0 atom stereocenters. The molecule has 3 rings (SSSR count). The van der Waals surface area contributed by atoms with E-state index in [1.54, 1.807) is 16.7 Å². The molecule has 0 amide bonds. The Morgan fingerprint density at radius 2 is 1.95 bits per heavy atom. The normalized spacial score (nSPS) is 11.2. The van der Waals surface area contributed by atoms with Crippen LogP contribution in [0, 0.1) is 11.6 Å². The quantitative estimate of drug-likeness (QED) is 0.784. The van der Waals surface area contributed by atoms with Crippen LogP contribution in [0.15, 0.2) is 36.4 Å². The Bertz CT molecular complexity index is 798. The first kappa shape index (κ1) is 12.9. The van der Waals surface area contributed by atoms with E-state index in [-0.39, 0.29) is 16.8 Å². The van der Waals surface area contributed by atoms with Gasteiger partial charge in [0.1, 0.15) is 11.6 Å². The molecule has 0 spiro atoms. The first-order chi connectivity index (χ1) is 9.54. The largest absolute Gasteiger partial charge is 0.369 e. The zero-order chi connectivity index (χ0) is 14.3. The van der Waals surface area contributed by atoms with E-state index in [2.05, 4.69) is 4.98 Å². The second-order valence-electron chi connectivity index (χ2n) is 4.44. The van der Waals surface area contributed by atoms with Crippen molar-refractivity contribution < 1.29 is 8.78 Å². The van der Waals surface area contributed by atoms with E-state index in [0.717, 1.165) is 5.56 Å². The third-order valence-electron chi connectivity index (χ3n) is 3.06. The molecule has 0 aliphatic rings. The maximum absolute atomic E-state index is 13.3. The molecule has 2 N–H and O–H groups in total. The van der Waals surface area contributed by atoms with Crippen LogP contribution in [0.5, 0.6) is 0 Å². The van der Waals surface area contributed by atoms with Crippen LogP contribution >= 0.6 is 11.6 Å². The Morgan fingerprint density at radius 1 is 1.15 bits per heavy atom. The van der Waals surface area contributed by atoms with Crippen molar-refractivity contribution >= 4 is 28.6 Å². The minimum atomic E-state index is -0.482. The van der Waals surface area contributed by atoms with Gasteiger partial charge in [0.05, 0.1) is 22.6 Å². The monoisotopic (exact) mass is 293 g/mol. The molecule has 0 bridgehead atoms. The predicted molar refractivity (Wildman–Crippen MR) is 74.6 cm³/mol. The third-order valence-corrected chi connectivity index (χ3v) is 3.35. The Hall–Kier alpha value is -2.14. The summed E-state index contributed by atoms with van der Waals surface area (Å²) < 4.78 is 28.1. The number of imidazole rings is 1. The van der Waals surface area contributed by atoms with Gasteiger partial charge >= 0.3 is 0 Å². The van der Waals surface area contributed by atoms with Crippen LogP contribution < -0.4 is 5.73 Å². The fourth-order valence-electron chi connectivity index (χ4n) is 2.10. The fraction of sp³-hybridized carbons (Fsp3) is 0.0714. The lowest BCUT2D eigenvalue weighted by Gasteiger charge is -2.07. The van der Waals surface area contributed by atoms with Gasteiger partial charge < -0.3 is 10.3 Å². The lowest BCUT2D eigenvalue weighted by molar-refractivity contribution is 0.626. The Balaban J connectivity index is 2.07. The van der Waals surface area contributed by atoms with Crippen LogP contribution in [-0.4, -0.2) is 9.55 Å². The van der Waals surface area contributed by atoms with Crippen molar-refractivity contribution in [3.8, 4) is 0 Å². The smallest absolute Gasteiger partial charge is 0.201 e. The molecule has 0 aliphatic heterocycles. The summed E-state index contributed by atoms with van der Waals surface area (Å²) in [6, 6.07) is 8.66. The molecule has 2 aromatic carbocycles. The molecule has 6 heteroatoms. The molecule has 1 aromatic heterocycles. The van der Waals surface area contributed by atoms with Gasteiger partial charge in [-0.2, -0.15) is 0 Å². The SMILES string of the molecule is Nc1nc2ccc(F)cc2n1Cc1ccc(F)c(Cl)c1. The Kier molecular flexibility index (Phi) is 3.06. The summed E-state index contributed by atoms with van der Waals surface area (Å²) in [5.41, 5.74) is 7.79. The van der Waals surface area contributed by atoms with E-state index in [0.29, 0.717) is 17.6 Å². The molecule has 0 fully saturated rings. The van der Waals surface area contributed by atoms with E-state index in [1.807, 2.05) is 0 Å². The summed E-state index contributed by atoms with van der Waals surface area (Å²) >= 11 is 5.75. The number of halogens is 3. The summed E-state index contributed by atoms with van der Waals surface area (Å²) in [7, 11) is 0. The standard InChI is InChI=1S/C14H10ClF2N3/c15-10-5-8(1-3-11(10)17)7-20-13-6-9(16)2-4-12(13)19-14(20)18/h1-6H,7H2,(H2,18,19). The van der Waals surface area contributed by atoms with Crippen molar-refractivity contribution in [3.63, 3.8) is 0 Å². The van der Waals surface area contributed by atoms with Crippen molar-refractivity contribution in [2.45, 2.75) is 6.54 Å². The number of fused-ring (bicyclic) bond motifs is 1. The summed E-state index contributed by atoms with van der Waals surface area (Å²) in [6.07, 6.45) is 0. The molecule has 0 aliphatic carbocycles. The van der Waals surface area contributed by atoms with Crippen molar-refractivity contribution in [1.82, 2.24) is 9.55 Å². The number of aromatic nitrogens is 2. The van der Waals surface area contributed by atoms with Crippen molar-refractivity contribution in [2.24, 2.45) is 0 Å². The van der Waals surface area contributed by atoms with Gasteiger partial charge in [-0.1, -0.05) is 17.7 Å². The average Bonchev–Trinajstić information content (AvgIpc) is 2.70. The second-order valence-corrected chi connectivity index (χ2v) is 4.84. The third kappa shape index (κ3) is 2.20. The van der Waals surface area contributed by atoms with E-state index in [1.165, 1.54) is 24.3 Å². The highest BCUT2D eigenvalue weighted by atomic mass is 35.5. The summed E-state index contributed by atoms with van der Waals surface area (Å²) in [5, 5.41) is 0.0386. The van der Waals surface area contributed by atoms with Crippen LogP contribution in [0.25, 0.3) is 11.0 Å². The summed E-state index contributed by atoms with van der Waals surface area (Å²) in [4.78, 5) is 4.16. The average molecular weight is 294 g/mol. The number of nitrogens with two attached hydrogens (primary N) is 1. The molecular weight excluding hydrogens is 284 g/mol. The van der Waals surface area contributed by atoms with Crippen LogP contribution in [0.2, 0.25) is 5.02 Å². The molecule has 20 heavy (non-hydrogen) atoms. The maximum atomic E-state index is 13.3. The lowest BCUT2D eigenvalue weighted by atomic mass is 10.2. The molecular formula is C14H10ClF2N3. The first-order valence-electron chi connectivity index (χ1n) is 5.90. The van der Waals surface area contributed by atoms with Crippen LogP contribution in [0.3, 0.4) is 0 Å². The molecule has 0 radical (unpaired) electrons. The highest BCUT2D eigenvalue weighted by Crippen LogP contribution is 2.22. The maximum Gasteiger partial charge on any atom is 0.201 e. The predicted octanol–water partition coefficient (Wildman–Crippen LogP) is 3.60. The van der Waals surface area contributed by atoms with Gasteiger partial charge in [0.25, 0.3) is 0 Å². The number of benzene rings is 2. The van der Waals surface area contributed by atoms with Gasteiger partial charge in [-0.15, -0.1) is 0 Å². The molecule has 1 heterocycles. The molecule has 3 nitrogen and oxygen atoms in total. The number of anilines is 1. The zero-order valence-corrected chi connectivity index (χ0v) is 11.0. The van der Waals surface area contributed by atoms with Crippen molar-refractivity contribution in [1.29, 1.82) is 0 Å². The van der Waals surface area contributed by atoms with Gasteiger partial charge in [-0.3, -0.25) is 0 Å². The van der Waals surface area contributed by atoms with Crippen LogP contribution in [0.4, 0.5) is 14.7 Å². The number of rotatable bonds is 2. The Labute approximate surface area is 118 Å². The first-order valence-corrected chi connectivity index (χ1v) is 6.27. The molecule has 0 saturated heterocycles. The summed E-state index contributed by atoms with van der Waals surface area (Å²) in [5.74, 6) is -0.577. The molecule has 102 valence electrons. The lowest BCUT2D eigenvalue weighted by Crippen LogP contribution is -2.04. The van der Waals surface area contributed by atoms with E-state index in [4.69, 9.17) is 17.3 Å². The van der Waals surface area contributed by atoms with E-state index in [9.17, 15) is 8.78 Å². The van der Waals surface area contributed by atoms with E-state index >= 15 is 0 Å². The van der Waals surface area contributed by atoms with E-state index < -0.39 is 5.82 Å². The molecule has 3 aromatic rings. The van der Waals surface area contributed by atoms with Gasteiger partial charge in [0.2, 0.25) is 5.95 Å². The number of hydrogen-bond donors (Lipinski definition) is 1. The summed E-state index contributed by atoms with van der Waals surface area (Å²) in [6.45, 7) is 0.339. The molecule has 0 unspecified atom stereocenters. The second kappa shape index (κ2) is 4.76. The highest BCUT2D eigenvalue weighted by molar-refractivity contribution is 6.30. The topological polar surface area (TPSA) is 43.8 Å². The highest BCUT2D eigenvalue weighted by Gasteiger charge is 2.10.